The van der Waals surface area contributed by atoms with Crippen molar-refractivity contribution in [2.75, 3.05) is 13.7 Å². The summed E-state index contributed by atoms with van der Waals surface area (Å²) in [6.45, 7) is -0.321. The third-order valence-corrected chi connectivity index (χ3v) is 8.38. The summed E-state index contributed by atoms with van der Waals surface area (Å²) in [5.41, 5.74) is 2.73. The molecule has 3 aliphatic rings. The lowest BCUT2D eigenvalue weighted by Crippen LogP contribution is -2.41. The normalized spacial score (nSPS) is 18.3. The van der Waals surface area contributed by atoms with Gasteiger partial charge >= 0.3 is 16.1 Å². The maximum Gasteiger partial charge on any atom is 0.339 e. The number of allylic oxidation sites excluding steroid dienone is 4. The van der Waals surface area contributed by atoms with Gasteiger partial charge < -0.3 is 18.9 Å². The van der Waals surface area contributed by atoms with Gasteiger partial charge in [0.2, 0.25) is 0 Å². The molecule has 2 aliphatic carbocycles. The molecule has 10 heteroatoms. The number of ketones is 2. The zero-order valence-electron chi connectivity index (χ0n) is 20.8. The minimum Gasteiger partial charge on any atom is -0.493 e. The maximum atomic E-state index is 13.3. The molecule has 198 valence electrons. The average molecular weight is 538 g/mol. The van der Waals surface area contributed by atoms with Crippen molar-refractivity contribution in [3.8, 4) is 11.5 Å². The number of benzene rings is 2. The molecule has 0 unspecified atom stereocenters. The van der Waals surface area contributed by atoms with Crippen molar-refractivity contribution < 1.29 is 36.8 Å². The van der Waals surface area contributed by atoms with Crippen molar-refractivity contribution >= 4 is 27.7 Å². The molecule has 1 aliphatic heterocycles. The highest BCUT2D eigenvalue weighted by atomic mass is 32.2. The van der Waals surface area contributed by atoms with E-state index in [1.165, 1.54) is 25.3 Å². The predicted molar refractivity (Wildman–Crippen MR) is 136 cm³/mol. The van der Waals surface area contributed by atoms with Crippen LogP contribution in [0.25, 0.3) is 0 Å². The molecule has 0 aromatic heterocycles. The van der Waals surface area contributed by atoms with E-state index in [1.54, 1.807) is 35.2 Å². The number of ether oxygens (including phenoxy) is 1. The van der Waals surface area contributed by atoms with Gasteiger partial charge in [-0.25, -0.2) is 0 Å². The summed E-state index contributed by atoms with van der Waals surface area (Å²) in [5, 5.41) is 9.60. The van der Waals surface area contributed by atoms with Gasteiger partial charge in [0.1, 0.15) is 11.4 Å². The van der Waals surface area contributed by atoms with E-state index in [9.17, 15) is 27.9 Å². The maximum absolute atomic E-state index is 13.3. The van der Waals surface area contributed by atoms with Gasteiger partial charge in [0.05, 0.1) is 7.11 Å². The number of hydrogen-bond donors (Lipinski definition) is 1. The summed E-state index contributed by atoms with van der Waals surface area (Å²) >= 11 is 0. The Bertz CT molecular complexity index is 1450. The lowest BCUT2D eigenvalue weighted by atomic mass is 9.71. The van der Waals surface area contributed by atoms with Gasteiger partial charge in [0.15, 0.2) is 23.1 Å². The van der Waals surface area contributed by atoms with Crippen molar-refractivity contribution in [1.82, 2.24) is 4.90 Å². The van der Waals surface area contributed by atoms with E-state index in [0.29, 0.717) is 66.6 Å². The number of Topliss-reactive ketones (excluding diaryl/α,β-unsaturated/α-hetero) is 2. The first-order chi connectivity index (χ1) is 18.2. The summed E-state index contributed by atoms with van der Waals surface area (Å²) < 4.78 is 36.5. The standard InChI is InChI=1S/C28H27NO8S/c1-36-24-15-17(13-14-23(24)37-38(34,35)18-7-3-2-4-8-18)26-27-19(9-5-11-21(27)30)29(16-25(32)33)20-10-6-12-22(31)28(20)26/h2-4,7-8,13-15,26H,5-6,9-12,16H2,1H3,(H,32,33). The number of hydrogen-bond acceptors (Lipinski definition) is 8. The average Bonchev–Trinajstić information content (AvgIpc) is 2.90. The lowest BCUT2D eigenvalue weighted by molar-refractivity contribution is -0.138. The molecule has 0 fully saturated rings. The Morgan fingerprint density at radius 2 is 1.53 bits per heavy atom. The van der Waals surface area contributed by atoms with Gasteiger partial charge in [-0.05, 0) is 55.5 Å². The first-order valence-electron chi connectivity index (χ1n) is 12.4. The second-order valence-electron chi connectivity index (χ2n) is 9.45. The third kappa shape index (κ3) is 4.60. The van der Waals surface area contributed by atoms with Crippen LogP contribution in [0.3, 0.4) is 0 Å². The molecule has 1 heterocycles. The molecule has 5 rings (SSSR count). The molecular formula is C28H27NO8S. The van der Waals surface area contributed by atoms with E-state index >= 15 is 0 Å². The SMILES string of the molecule is COc1cc(C2C3=C(CCCC3=O)N(CC(=O)O)C3=C2C(=O)CCC3)ccc1OS(=O)(=O)c1ccccc1. The quantitative estimate of drug-likeness (QED) is 0.522. The van der Waals surface area contributed by atoms with E-state index in [0.717, 1.165) is 0 Å². The molecule has 2 aromatic carbocycles. The van der Waals surface area contributed by atoms with Crippen LogP contribution in [-0.2, 0) is 24.5 Å². The van der Waals surface area contributed by atoms with E-state index in [-0.39, 0.29) is 34.5 Å². The van der Waals surface area contributed by atoms with E-state index in [1.807, 2.05) is 0 Å². The van der Waals surface area contributed by atoms with Crippen molar-refractivity contribution in [3.63, 3.8) is 0 Å². The van der Waals surface area contributed by atoms with Crippen LogP contribution in [0.2, 0.25) is 0 Å². The Balaban J connectivity index is 1.62. The van der Waals surface area contributed by atoms with Gasteiger partial charge in [-0.3, -0.25) is 14.4 Å². The van der Waals surface area contributed by atoms with Crippen molar-refractivity contribution in [1.29, 1.82) is 0 Å². The number of aliphatic carboxylic acids is 1. The Hall–Kier alpha value is -3.92. The molecule has 38 heavy (non-hydrogen) atoms. The van der Waals surface area contributed by atoms with Gasteiger partial charge in [0, 0.05) is 41.3 Å². The molecule has 0 amide bonds. The Kier molecular flexibility index (Phi) is 6.83. The van der Waals surface area contributed by atoms with E-state index < -0.39 is 22.0 Å². The number of carboxylic acids is 1. The summed E-state index contributed by atoms with van der Waals surface area (Å²) in [5.74, 6) is -1.88. The van der Waals surface area contributed by atoms with Crippen LogP contribution >= 0.6 is 0 Å². The van der Waals surface area contributed by atoms with Crippen LogP contribution in [0.1, 0.15) is 50.0 Å². The Morgan fingerprint density at radius 3 is 2.08 bits per heavy atom. The Morgan fingerprint density at radius 1 is 0.921 bits per heavy atom. The lowest BCUT2D eigenvalue weighted by Gasteiger charge is -2.43. The fourth-order valence-corrected chi connectivity index (χ4v) is 6.52. The van der Waals surface area contributed by atoms with Crippen LogP contribution in [0.4, 0.5) is 0 Å². The first kappa shape index (κ1) is 25.7. The zero-order chi connectivity index (χ0) is 27.0. The minimum absolute atomic E-state index is 0.0119. The third-order valence-electron chi connectivity index (χ3n) is 7.13. The highest BCUT2D eigenvalue weighted by Crippen LogP contribution is 2.50. The van der Waals surface area contributed by atoms with Crippen LogP contribution in [-0.4, -0.2) is 49.6 Å². The van der Waals surface area contributed by atoms with Gasteiger partial charge in [-0.15, -0.1) is 0 Å². The van der Waals surface area contributed by atoms with Gasteiger partial charge in [-0.1, -0.05) is 24.3 Å². The van der Waals surface area contributed by atoms with Gasteiger partial charge in [-0.2, -0.15) is 8.42 Å². The molecule has 2 aromatic rings. The number of carbonyl (C=O) groups excluding carboxylic acids is 2. The topological polar surface area (TPSA) is 127 Å². The zero-order valence-corrected chi connectivity index (χ0v) is 21.6. The monoisotopic (exact) mass is 537 g/mol. The molecule has 0 saturated heterocycles. The van der Waals surface area contributed by atoms with Crippen molar-refractivity contribution in [2.24, 2.45) is 0 Å². The highest BCUT2D eigenvalue weighted by molar-refractivity contribution is 7.87. The molecule has 1 N–H and O–H groups in total. The van der Waals surface area contributed by atoms with E-state index in [4.69, 9.17) is 8.92 Å². The van der Waals surface area contributed by atoms with E-state index in [2.05, 4.69) is 0 Å². The summed E-state index contributed by atoms with van der Waals surface area (Å²) in [4.78, 5) is 40.0. The number of nitrogens with zero attached hydrogens (tertiary/aromatic N) is 1. The summed E-state index contributed by atoms with van der Waals surface area (Å²) in [6.07, 6.45) is 2.88. The molecule has 0 radical (unpaired) electrons. The fraction of sp³-hybridized carbons (Fsp3) is 0.321. The number of rotatable bonds is 7. The fourth-order valence-electron chi connectivity index (χ4n) is 5.56. The second-order valence-corrected chi connectivity index (χ2v) is 11.0. The molecular weight excluding hydrogens is 510 g/mol. The van der Waals surface area contributed by atoms with Crippen LogP contribution in [0.5, 0.6) is 11.5 Å². The molecule has 0 saturated carbocycles. The van der Waals surface area contributed by atoms with Crippen molar-refractivity contribution in [3.05, 3.63) is 76.6 Å². The molecule has 0 atom stereocenters. The number of carbonyl (C=O) groups is 3. The van der Waals surface area contributed by atoms with Crippen LogP contribution < -0.4 is 8.92 Å². The second kappa shape index (κ2) is 10.1. The Labute approximate surface area is 220 Å². The summed E-state index contributed by atoms with van der Waals surface area (Å²) in [6, 6.07) is 12.4. The number of methoxy groups -OCH3 is 1. The van der Waals surface area contributed by atoms with Crippen molar-refractivity contribution in [2.45, 2.75) is 49.3 Å². The molecule has 0 spiro atoms. The minimum atomic E-state index is -4.13. The van der Waals surface area contributed by atoms with Gasteiger partial charge in [0.25, 0.3) is 0 Å². The summed E-state index contributed by atoms with van der Waals surface area (Å²) in [7, 11) is -2.75. The largest absolute Gasteiger partial charge is 0.493 e. The smallest absolute Gasteiger partial charge is 0.339 e. The molecule has 9 nitrogen and oxygen atoms in total. The molecule has 0 bridgehead atoms. The van der Waals surface area contributed by atoms with Crippen LogP contribution in [0.15, 0.2) is 76.0 Å². The predicted octanol–water partition coefficient (Wildman–Crippen LogP) is 3.96. The first-order valence-corrected chi connectivity index (χ1v) is 13.8. The highest BCUT2D eigenvalue weighted by Gasteiger charge is 2.44. The van der Waals surface area contributed by atoms with Crippen LogP contribution in [0, 0.1) is 0 Å². The number of carboxylic acid groups (broad SMARTS) is 1.